The lowest BCUT2D eigenvalue weighted by molar-refractivity contribution is -0.186. The first kappa shape index (κ1) is 7.46. The zero-order valence-electron chi connectivity index (χ0n) is 13.1. The van der Waals surface area contributed by atoms with E-state index in [4.69, 9.17) is 6.85 Å². The van der Waals surface area contributed by atoms with E-state index in [0.717, 1.165) is 6.92 Å². The summed E-state index contributed by atoms with van der Waals surface area (Å²) >= 11 is 0. The molecule has 0 aliphatic heterocycles. The van der Waals surface area contributed by atoms with Gasteiger partial charge in [-0.15, -0.1) is 0 Å². The molecule has 0 bridgehead atoms. The molecule has 0 spiro atoms. The van der Waals surface area contributed by atoms with E-state index >= 15 is 0 Å². The number of esters is 1. The largest absolute Gasteiger partial charge is 0.459 e. The summed E-state index contributed by atoms with van der Waals surface area (Å²) in [6.45, 7) is -3.80. The number of carbonyl (C=O) groups is 1. The van der Waals surface area contributed by atoms with Gasteiger partial charge in [0.2, 0.25) is 0 Å². The van der Waals surface area contributed by atoms with Crippen LogP contribution in [-0.2, 0) is 9.53 Å². The topological polar surface area (TPSA) is 26.3 Å². The predicted molar refractivity (Wildman–Crippen MR) is 46.0 cm³/mol. The van der Waals surface area contributed by atoms with Gasteiger partial charge in [-0.05, 0) is 20.1 Å². The van der Waals surface area contributed by atoms with Crippen LogP contribution in [0, 0.1) is 5.41 Å². The second-order valence-electron chi connectivity index (χ2n) is 3.01. The van der Waals surface area contributed by atoms with Crippen LogP contribution in [0.1, 0.15) is 33.9 Å². The fourth-order valence-corrected chi connectivity index (χ4v) is 0.471. The summed E-state index contributed by atoms with van der Waals surface area (Å²) < 4.78 is 89.1. The quantitative estimate of drug-likeness (QED) is 0.541. The van der Waals surface area contributed by atoms with Crippen molar-refractivity contribution >= 4 is 5.97 Å². The lowest BCUT2D eigenvalue weighted by atomic mass is 9.91. The molecule has 15 heavy (non-hydrogen) atoms. The Morgan fingerprint density at radius 1 is 1.60 bits per heavy atom. The molecular formula is C9H14F4O2. The van der Waals surface area contributed by atoms with Crippen LogP contribution in [0.4, 0.5) is 17.6 Å². The Hall–Kier alpha value is -0.810. The molecule has 90 valence electrons. The van der Waals surface area contributed by atoms with Gasteiger partial charge in [0, 0.05) is 6.85 Å². The van der Waals surface area contributed by atoms with Crippen molar-refractivity contribution in [3.8, 4) is 0 Å². The Kier molecular flexibility index (Phi) is 2.39. The smallest absolute Gasteiger partial charge is 0.340 e. The first-order valence-electron chi connectivity index (χ1n) is 6.40. The normalized spacial score (nSPS) is 23.0. The fourth-order valence-electron chi connectivity index (χ4n) is 0.471. The molecule has 0 N–H and O–H groups in total. The fraction of sp³-hybridized carbons (Fsp3) is 0.889. The van der Waals surface area contributed by atoms with Crippen molar-refractivity contribution in [3.63, 3.8) is 0 Å². The molecule has 0 rings (SSSR count). The van der Waals surface area contributed by atoms with E-state index in [2.05, 4.69) is 4.74 Å². The summed E-state index contributed by atoms with van der Waals surface area (Å²) in [4.78, 5) is 11.6. The van der Waals surface area contributed by atoms with Gasteiger partial charge in [-0.25, -0.2) is 8.78 Å². The number of carbonyl (C=O) groups excluding carboxylic acids is 1. The number of ether oxygens (including phenoxy) is 1. The van der Waals surface area contributed by atoms with E-state index in [-0.39, 0.29) is 0 Å². The standard InChI is InChI=1S/C9H14F4O2/c1-4-8(2,3)7(14)15-5-9(12,13)6(10)11/h6H,4-5H2,1-3H3/i2D3,4D2. The van der Waals surface area contributed by atoms with Gasteiger partial charge in [0.05, 0.1) is 5.41 Å². The number of halogens is 4. The molecule has 1 unspecified atom stereocenters. The van der Waals surface area contributed by atoms with E-state index in [9.17, 15) is 22.4 Å². The number of hydrogen-bond acceptors (Lipinski definition) is 2. The van der Waals surface area contributed by atoms with Crippen molar-refractivity contribution in [1.29, 1.82) is 0 Å². The molecule has 0 amide bonds. The first-order valence-corrected chi connectivity index (χ1v) is 3.90. The molecule has 0 fully saturated rings. The third kappa shape index (κ3) is 4.05. The van der Waals surface area contributed by atoms with Crippen molar-refractivity contribution in [3.05, 3.63) is 0 Å². The third-order valence-electron chi connectivity index (χ3n) is 1.62. The molecule has 0 aromatic heterocycles. The molecule has 0 radical (unpaired) electrons. The van der Waals surface area contributed by atoms with Crippen molar-refractivity contribution in [2.75, 3.05) is 6.61 Å². The summed E-state index contributed by atoms with van der Waals surface area (Å²) in [7, 11) is 0. The van der Waals surface area contributed by atoms with Gasteiger partial charge in [-0.1, -0.05) is 6.92 Å². The number of hydrogen-bond donors (Lipinski definition) is 0. The van der Waals surface area contributed by atoms with Crippen LogP contribution in [0.3, 0.4) is 0 Å². The van der Waals surface area contributed by atoms with Crippen LogP contribution < -0.4 is 0 Å². The maximum absolute atomic E-state index is 12.6. The van der Waals surface area contributed by atoms with Crippen LogP contribution in [0.25, 0.3) is 0 Å². The highest BCUT2D eigenvalue weighted by atomic mass is 19.3. The number of alkyl halides is 4. The first-order chi connectivity index (χ1) is 8.57. The molecule has 2 nitrogen and oxygen atoms in total. The molecular weight excluding hydrogens is 216 g/mol. The van der Waals surface area contributed by atoms with Gasteiger partial charge >= 0.3 is 18.3 Å². The zero-order chi connectivity index (χ0) is 16.6. The molecule has 0 saturated heterocycles. The second kappa shape index (κ2) is 4.81. The zero-order valence-corrected chi connectivity index (χ0v) is 8.11. The van der Waals surface area contributed by atoms with Crippen LogP contribution >= 0.6 is 0 Å². The van der Waals surface area contributed by atoms with Crippen molar-refractivity contribution in [2.24, 2.45) is 5.41 Å². The molecule has 0 aliphatic carbocycles. The van der Waals surface area contributed by atoms with Gasteiger partial charge in [-0.3, -0.25) is 4.79 Å². The highest BCUT2D eigenvalue weighted by Crippen LogP contribution is 2.26. The lowest BCUT2D eigenvalue weighted by Crippen LogP contribution is -2.36. The summed E-state index contributed by atoms with van der Waals surface area (Å²) in [6, 6.07) is 0. The SMILES string of the molecule is [2H]C([2H])([2H])C(C)(C(=O)OCC(F)(F)C(F)F)C([2H])([2H])C. The Labute approximate surface area is 92.6 Å². The van der Waals surface area contributed by atoms with Gasteiger partial charge in [0.15, 0.2) is 6.61 Å². The summed E-state index contributed by atoms with van der Waals surface area (Å²) in [5.74, 6) is -6.46. The summed E-state index contributed by atoms with van der Waals surface area (Å²) in [5, 5.41) is 0. The van der Waals surface area contributed by atoms with Crippen LogP contribution in [0.2, 0.25) is 0 Å². The predicted octanol–water partition coefficient (Wildman–Crippen LogP) is 2.87. The van der Waals surface area contributed by atoms with Crippen molar-refractivity contribution < 1.29 is 33.9 Å². The molecule has 0 heterocycles. The van der Waals surface area contributed by atoms with E-state index in [1.807, 2.05) is 0 Å². The van der Waals surface area contributed by atoms with Gasteiger partial charge in [-0.2, -0.15) is 8.78 Å². The minimum atomic E-state index is -4.63. The monoisotopic (exact) mass is 235 g/mol. The number of rotatable bonds is 5. The van der Waals surface area contributed by atoms with Gasteiger partial charge in [0.1, 0.15) is 0 Å². The summed E-state index contributed by atoms with van der Waals surface area (Å²) in [6.07, 6.45) is -6.73. The van der Waals surface area contributed by atoms with Crippen molar-refractivity contribution in [1.82, 2.24) is 0 Å². The van der Waals surface area contributed by atoms with E-state index in [0.29, 0.717) is 6.92 Å². The Morgan fingerprint density at radius 3 is 2.47 bits per heavy atom. The second-order valence-corrected chi connectivity index (χ2v) is 3.01. The van der Waals surface area contributed by atoms with Gasteiger partial charge < -0.3 is 4.74 Å². The average molecular weight is 235 g/mol. The Balaban J connectivity index is 5.24. The molecule has 6 heteroatoms. The molecule has 0 aliphatic rings. The van der Waals surface area contributed by atoms with Crippen LogP contribution in [0.5, 0.6) is 0 Å². The summed E-state index contributed by atoms with van der Waals surface area (Å²) in [5.41, 5.74) is -2.77. The third-order valence-corrected chi connectivity index (χ3v) is 1.62. The van der Waals surface area contributed by atoms with Gasteiger partial charge in [0.25, 0.3) is 0 Å². The Bertz CT molecular complexity index is 350. The van der Waals surface area contributed by atoms with Crippen LogP contribution in [0.15, 0.2) is 0 Å². The minimum absolute atomic E-state index is 0.669. The van der Waals surface area contributed by atoms with E-state index in [1.165, 1.54) is 0 Å². The van der Waals surface area contributed by atoms with Crippen LogP contribution in [-0.4, -0.2) is 24.9 Å². The average Bonchev–Trinajstić information content (AvgIpc) is 2.21. The highest BCUT2D eigenvalue weighted by Gasteiger charge is 2.43. The lowest BCUT2D eigenvalue weighted by Gasteiger charge is -2.22. The molecule has 0 aromatic rings. The minimum Gasteiger partial charge on any atom is -0.459 e. The molecule has 1 atom stereocenters. The maximum atomic E-state index is 12.6. The Morgan fingerprint density at radius 2 is 2.13 bits per heavy atom. The van der Waals surface area contributed by atoms with E-state index in [1.54, 1.807) is 0 Å². The van der Waals surface area contributed by atoms with Crippen molar-refractivity contribution in [2.45, 2.75) is 39.4 Å². The maximum Gasteiger partial charge on any atom is 0.340 e. The highest BCUT2D eigenvalue weighted by molar-refractivity contribution is 5.75. The molecule has 0 aromatic carbocycles. The molecule has 0 saturated carbocycles. The van der Waals surface area contributed by atoms with E-state index < -0.39 is 43.6 Å².